The summed E-state index contributed by atoms with van der Waals surface area (Å²) in [5.41, 5.74) is 6.38. The fourth-order valence-electron chi connectivity index (χ4n) is 2.49. The van der Waals surface area contributed by atoms with Gasteiger partial charge in [0.1, 0.15) is 0 Å². The van der Waals surface area contributed by atoms with Gasteiger partial charge in [0, 0.05) is 25.8 Å². The van der Waals surface area contributed by atoms with Crippen molar-refractivity contribution in [2.75, 3.05) is 19.4 Å². The Bertz CT molecular complexity index is 628. The van der Waals surface area contributed by atoms with E-state index in [9.17, 15) is 13.2 Å². The lowest BCUT2D eigenvalue weighted by Crippen LogP contribution is -2.34. The van der Waals surface area contributed by atoms with Gasteiger partial charge in [0.15, 0.2) is 0 Å². The number of nitrogens with two attached hydrogens (primary N) is 1. The lowest BCUT2D eigenvalue weighted by atomic mass is 10.0. The Balaban J connectivity index is 2.17. The summed E-state index contributed by atoms with van der Waals surface area (Å²) in [6.45, 7) is 0. The predicted molar refractivity (Wildman–Crippen MR) is 81.3 cm³/mol. The monoisotopic (exact) mass is 311 g/mol. The van der Waals surface area contributed by atoms with E-state index in [1.807, 2.05) is 0 Å². The first kappa shape index (κ1) is 15.9. The number of hydrogen-bond acceptors (Lipinski definition) is 4. The molecule has 0 spiro atoms. The van der Waals surface area contributed by atoms with Gasteiger partial charge >= 0.3 is 0 Å². The average molecular weight is 311 g/mol. The number of benzene rings is 1. The van der Waals surface area contributed by atoms with Crippen molar-refractivity contribution in [2.24, 2.45) is 11.7 Å². The third kappa shape index (κ3) is 3.42. The standard InChI is InChI=1S/C14H21N3O3S/c1-17(2)21(19,20)11-6-3-5-10(9-11)16-14(18)12-7-4-8-13(12)15/h3,5-6,9,12-13H,4,7-8,15H2,1-2H3,(H,16,18). The molecule has 0 radical (unpaired) electrons. The van der Waals surface area contributed by atoms with Gasteiger partial charge in [-0.05, 0) is 31.0 Å². The topological polar surface area (TPSA) is 92.5 Å². The molecule has 0 aliphatic heterocycles. The van der Waals surface area contributed by atoms with Gasteiger partial charge in [0.2, 0.25) is 15.9 Å². The van der Waals surface area contributed by atoms with E-state index >= 15 is 0 Å². The smallest absolute Gasteiger partial charge is 0.242 e. The zero-order chi connectivity index (χ0) is 15.6. The lowest BCUT2D eigenvalue weighted by Gasteiger charge is -2.16. The van der Waals surface area contributed by atoms with E-state index in [4.69, 9.17) is 5.73 Å². The van der Waals surface area contributed by atoms with E-state index < -0.39 is 10.0 Å². The van der Waals surface area contributed by atoms with E-state index in [1.165, 1.54) is 26.2 Å². The summed E-state index contributed by atoms with van der Waals surface area (Å²) in [7, 11) is -0.567. The van der Waals surface area contributed by atoms with Crippen LogP contribution < -0.4 is 11.1 Å². The Morgan fingerprint density at radius 2 is 2.05 bits per heavy atom. The van der Waals surface area contributed by atoms with E-state index in [0.717, 1.165) is 23.6 Å². The summed E-state index contributed by atoms with van der Waals surface area (Å²) in [5, 5.41) is 2.76. The summed E-state index contributed by atoms with van der Waals surface area (Å²) in [6.07, 6.45) is 2.59. The third-order valence-electron chi connectivity index (χ3n) is 3.79. The summed E-state index contributed by atoms with van der Waals surface area (Å²) in [5.74, 6) is -0.335. The Hall–Kier alpha value is -1.44. The molecular weight excluding hydrogens is 290 g/mol. The van der Waals surface area contributed by atoms with E-state index in [-0.39, 0.29) is 22.8 Å². The van der Waals surface area contributed by atoms with Crippen LogP contribution in [0.15, 0.2) is 29.2 Å². The highest BCUT2D eigenvalue weighted by molar-refractivity contribution is 7.89. The first-order valence-corrected chi connectivity index (χ1v) is 8.35. The molecule has 1 aromatic carbocycles. The molecule has 6 nitrogen and oxygen atoms in total. The maximum atomic E-state index is 12.2. The van der Waals surface area contributed by atoms with Crippen molar-refractivity contribution in [2.45, 2.75) is 30.2 Å². The highest BCUT2D eigenvalue weighted by atomic mass is 32.2. The molecule has 1 aliphatic carbocycles. The van der Waals surface area contributed by atoms with Gasteiger partial charge in [-0.1, -0.05) is 12.5 Å². The van der Waals surface area contributed by atoms with Gasteiger partial charge < -0.3 is 11.1 Å². The number of nitrogens with zero attached hydrogens (tertiary/aromatic N) is 1. The molecule has 21 heavy (non-hydrogen) atoms. The van der Waals surface area contributed by atoms with Gasteiger partial charge in [-0.15, -0.1) is 0 Å². The largest absolute Gasteiger partial charge is 0.327 e. The van der Waals surface area contributed by atoms with Crippen molar-refractivity contribution in [1.29, 1.82) is 0 Å². The summed E-state index contributed by atoms with van der Waals surface area (Å²) < 4.78 is 25.3. The van der Waals surface area contributed by atoms with Crippen LogP contribution in [0.5, 0.6) is 0 Å². The van der Waals surface area contributed by atoms with Crippen LogP contribution in [0.4, 0.5) is 5.69 Å². The molecule has 7 heteroatoms. The minimum Gasteiger partial charge on any atom is -0.327 e. The molecular formula is C14H21N3O3S. The first-order valence-electron chi connectivity index (χ1n) is 6.91. The van der Waals surface area contributed by atoms with Crippen LogP contribution in [0.1, 0.15) is 19.3 Å². The van der Waals surface area contributed by atoms with Gasteiger partial charge in [0.05, 0.1) is 10.8 Å². The number of carbonyl (C=O) groups is 1. The van der Waals surface area contributed by atoms with Crippen molar-refractivity contribution in [3.63, 3.8) is 0 Å². The molecule has 0 aromatic heterocycles. The highest BCUT2D eigenvalue weighted by Crippen LogP contribution is 2.26. The fraction of sp³-hybridized carbons (Fsp3) is 0.500. The second kappa shape index (κ2) is 6.13. The van der Waals surface area contributed by atoms with Crippen molar-refractivity contribution in [1.82, 2.24) is 4.31 Å². The molecule has 2 atom stereocenters. The molecule has 1 amide bonds. The van der Waals surface area contributed by atoms with Crippen LogP contribution in [0.2, 0.25) is 0 Å². The molecule has 3 N–H and O–H groups in total. The van der Waals surface area contributed by atoms with Crippen LogP contribution in [-0.4, -0.2) is 38.8 Å². The number of nitrogens with one attached hydrogen (secondary N) is 1. The van der Waals surface area contributed by atoms with Crippen molar-refractivity contribution in [3.05, 3.63) is 24.3 Å². The van der Waals surface area contributed by atoms with Crippen molar-refractivity contribution in [3.8, 4) is 0 Å². The lowest BCUT2D eigenvalue weighted by molar-refractivity contribution is -0.120. The molecule has 0 bridgehead atoms. The summed E-state index contributed by atoms with van der Waals surface area (Å²) in [4.78, 5) is 12.3. The number of carbonyl (C=O) groups excluding carboxylic acids is 1. The zero-order valence-corrected chi connectivity index (χ0v) is 13.1. The molecule has 1 aliphatic rings. The quantitative estimate of drug-likeness (QED) is 0.867. The molecule has 116 valence electrons. The second-order valence-corrected chi connectivity index (χ2v) is 7.66. The fourth-order valence-corrected chi connectivity index (χ4v) is 3.44. The molecule has 0 heterocycles. The second-order valence-electron chi connectivity index (χ2n) is 5.51. The van der Waals surface area contributed by atoms with Gasteiger partial charge in [-0.25, -0.2) is 12.7 Å². The number of rotatable bonds is 4. The molecule has 0 saturated heterocycles. The SMILES string of the molecule is CN(C)S(=O)(=O)c1cccc(NC(=O)C2CCCC2N)c1. The average Bonchev–Trinajstić information content (AvgIpc) is 2.85. The minimum atomic E-state index is -3.51. The van der Waals surface area contributed by atoms with Crippen molar-refractivity contribution >= 4 is 21.6 Å². The van der Waals surface area contributed by atoms with Crippen LogP contribution in [0.3, 0.4) is 0 Å². The van der Waals surface area contributed by atoms with E-state index in [2.05, 4.69) is 5.32 Å². The normalized spacial score (nSPS) is 22.5. The highest BCUT2D eigenvalue weighted by Gasteiger charge is 2.30. The number of amides is 1. The Labute approximate surface area is 125 Å². The van der Waals surface area contributed by atoms with Crippen molar-refractivity contribution < 1.29 is 13.2 Å². The zero-order valence-electron chi connectivity index (χ0n) is 12.2. The van der Waals surface area contributed by atoms with Gasteiger partial charge in [0.25, 0.3) is 0 Å². The Morgan fingerprint density at radius 3 is 2.62 bits per heavy atom. The molecule has 1 fully saturated rings. The number of anilines is 1. The number of sulfonamides is 1. The maximum absolute atomic E-state index is 12.2. The molecule has 1 aromatic rings. The first-order chi connectivity index (χ1) is 9.82. The van der Waals surface area contributed by atoms with Crippen LogP contribution in [0, 0.1) is 5.92 Å². The summed E-state index contributed by atoms with van der Waals surface area (Å²) >= 11 is 0. The van der Waals surface area contributed by atoms with Crippen LogP contribution in [0.25, 0.3) is 0 Å². The molecule has 2 unspecified atom stereocenters. The van der Waals surface area contributed by atoms with Gasteiger partial charge in [-0.2, -0.15) is 0 Å². The van der Waals surface area contributed by atoms with E-state index in [0.29, 0.717) is 5.69 Å². The van der Waals surface area contributed by atoms with Crippen LogP contribution >= 0.6 is 0 Å². The molecule has 1 saturated carbocycles. The minimum absolute atomic E-state index is 0.112. The van der Waals surface area contributed by atoms with E-state index in [1.54, 1.807) is 12.1 Å². The number of hydrogen-bond donors (Lipinski definition) is 2. The maximum Gasteiger partial charge on any atom is 0.242 e. The van der Waals surface area contributed by atoms with Gasteiger partial charge in [-0.3, -0.25) is 4.79 Å². The van der Waals surface area contributed by atoms with Crippen LogP contribution in [-0.2, 0) is 14.8 Å². The Kier molecular flexibility index (Phi) is 4.65. The third-order valence-corrected chi connectivity index (χ3v) is 5.60. The molecule has 2 rings (SSSR count). The Morgan fingerprint density at radius 1 is 1.33 bits per heavy atom. The summed E-state index contributed by atoms with van der Waals surface area (Å²) in [6, 6.07) is 6.15. The predicted octanol–water partition coefficient (Wildman–Crippen LogP) is 1.00.